The van der Waals surface area contributed by atoms with Gasteiger partial charge in [0.1, 0.15) is 6.61 Å². The van der Waals surface area contributed by atoms with Crippen LogP contribution in [0.5, 0.6) is 0 Å². The molecule has 0 atom stereocenters. The summed E-state index contributed by atoms with van der Waals surface area (Å²) in [7, 11) is 0. The summed E-state index contributed by atoms with van der Waals surface area (Å²) in [5.74, 6) is -0.426. The Kier molecular flexibility index (Phi) is 3.14. The number of fused-ring (bicyclic) bond motifs is 1. The Morgan fingerprint density at radius 3 is 2.94 bits per heavy atom. The number of hydrogen-bond acceptors (Lipinski definition) is 2. The first kappa shape index (κ1) is 11.0. The van der Waals surface area contributed by atoms with E-state index in [1.54, 1.807) is 0 Å². The van der Waals surface area contributed by atoms with Crippen molar-refractivity contribution in [3.05, 3.63) is 29.8 Å². The third-order valence-corrected chi connectivity index (χ3v) is 2.52. The molecule has 0 bridgehead atoms. The average molecular weight is 227 g/mol. The molecule has 0 unspecified atom stereocenters. The molecule has 0 aliphatic carbocycles. The first-order valence-electron chi connectivity index (χ1n) is 4.96. The highest BCUT2D eigenvalue weighted by Crippen LogP contribution is 2.27. The van der Waals surface area contributed by atoms with Crippen molar-refractivity contribution in [2.75, 3.05) is 18.1 Å². The van der Waals surface area contributed by atoms with Crippen molar-refractivity contribution in [2.24, 2.45) is 0 Å². The summed E-state index contributed by atoms with van der Waals surface area (Å²) in [4.78, 5) is 13.1. The van der Waals surface area contributed by atoms with E-state index >= 15 is 0 Å². The molecule has 1 aliphatic rings. The SMILES string of the molecule is O=C(COC(F)F)N1CCc2ccccc21. The van der Waals surface area contributed by atoms with E-state index in [4.69, 9.17) is 0 Å². The van der Waals surface area contributed by atoms with E-state index in [0.717, 1.165) is 17.7 Å². The molecule has 0 radical (unpaired) electrons. The number of anilines is 1. The predicted molar refractivity (Wildman–Crippen MR) is 54.5 cm³/mol. The van der Waals surface area contributed by atoms with Gasteiger partial charge >= 0.3 is 6.61 Å². The largest absolute Gasteiger partial charge is 0.345 e. The Morgan fingerprint density at radius 2 is 2.19 bits per heavy atom. The van der Waals surface area contributed by atoms with Crippen LogP contribution in [-0.2, 0) is 16.0 Å². The van der Waals surface area contributed by atoms with E-state index in [-0.39, 0.29) is 0 Å². The molecular weight excluding hydrogens is 216 g/mol. The molecule has 1 aromatic rings. The number of amides is 1. The number of rotatable bonds is 3. The van der Waals surface area contributed by atoms with Crippen LogP contribution in [0.4, 0.5) is 14.5 Å². The van der Waals surface area contributed by atoms with Gasteiger partial charge in [0, 0.05) is 12.2 Å². The smallest absolute Gasteiger partial charge is 0.313 e. The Bertz CT molecular complexity index is 395. The van der Waals surface area contributed by atoms with E-state index in [1.165, 1.54) is 4.90 Å². The Balaban J connectivity index is 2.04. The van der Waals surface area contributed by atoms with Crippen molar-refractivity contribution in [1.82, 2.24) is 0 Å². The maximum absolute atomic E-state index is 11.8. The first-order chi connectivity index (χ1) is 7.68. The summed E-state index contributed by atoms with van der Waals surface area (Å²) in [5, 5.41) is 0. The van der Waals surface area contributed by atoms with Gasteiger partial charge in [0.2, 0.25) is 0 Å². The lowest BCUT2D eigenvalue weighted by molar-refractivity contribution is -0.149. The molecule has 86 valence electrons. The molecule has 0 saturated carbocycles. The molecule has 1 aromatic carbocycles. The fourth-order valence-corrected chi connectivity index (χ4v) is 1.81. The fourth-order valence-electron chi connectivity index (χ4n) is 1.81. The number of para-hydroxylation sites is 1. The maximum atomic E-state index is 11.8. The van der Waals surface area contributed by atoms with Gasteiger partial charge in [-0.2, -0.15) is 8.78 Å². The molecule has 0 fully saturated rings. The fraction of sp³-hybridized carbons (Fsp3) is 0.364. The third-order valence-electron chi connectivity index (χ3n) is 2.52. The molecule has 1 aliphatic heterocycles. The number of halogens is 2. The number of carbonyl (C=O) groups is 1. The topological polar surface area (TPSA) is 29.5 Å². The molecular formula is C11H11F2NO2. The second-order valence-corrected chi connectivity index (χ2v) is 3.50. The summed E-state index contributed by atoms with van der Waals surface area (Å²) in [5.41, 5.74) is 1.86. The van der Waals surface area contributed by atoms with Crippen LogP contribution in [0, 0.1) is 0 Å². The van der Waals surface area contributed by atoms with Gasteiger partial charge in [-0.15, -0.1) is 0 Å². The highest BCUT2D eigenvalue weighted by Gasteiger charge is 2.24. The lowest BCUT2D eigenvalue weighted by Crippen LogP contribution is -2.32. The third kappa shape index (κ3) is 2.19. The zero-order valence-electron chi connectivity index (χ0n) is 8.53. The van der Waals surface area contributed by atoms with Gasteiger partial charge in [-0.1, -0.05) is 18.2 Å². The van der Waals surface area contributed by atoms with Gasteiger partial charge in [0.15, 0.2) is 0 Å². The minimum Gasteiger partial charge on any atom is -0.313 e. The van der Waals surface area contributed by atoms with Crippen LogP contribution in [0.1, 0.15) is 5.56 Å². The molecule has 16 heavy (non-hydrogen) atoms. The summed E-state index contributed by atoms with van der Waals surface area (Å²) in [6, 6.07) is 7.44. The highest BCUT2D eigenvalue weighted by atomic mass is 19.3. The zero-order valence-corrected chi connectivity index (χ0v) is 8.53. The standard InChI is InChI=1S/C11H11F2NO2/c12-11(13)16-7-10(15)14-6-5-8-3-1-2-4-9(8)14/h1-4,11H,5-7H2. The van der Waals surface area contributed by atoms with Crippen LogP contribution in [0.3, 0.4) is 0 Å². The van der Waals surface area contributed by atoms with Crippen molar-refractivity contribution in [3.63, 3.8) is 0 Å². The highest BCUT2D eigenvalue weighted by molar-refractivity contribution is 5.96. The zero-order chi connectivity index (χ0) is 11.5. The molecule has 5 heteroatoms. The van der Waals surface area contributed by atoms with Crippen LogP contribution < -0.4 is 4.90 Å². The van der Waals surface area contributed by atoms with Crippen molar-refractivity contribution in [1.29, 1.82) is 0 Å². The summed E-state index contributed by atoms with van der Waals surface area (Å²) in [6.45, 7) is -2.95. The molecule has 2 rings (SSSR count). The molecule has 0 spiro atoms. The van der Waals surface area contributed by atoms with Crippen molar-refractivity contribution in [3.8, 4) is 0 Å². The minimum atomic E-state index is -2.90. The normalized spacial score (nSPS) is 14.3. The maximum Gasteiger partial charge on any atom is 0.345 e. The van der Waals surface area contributed by atoms with Crippen molar-refractivity contribution in [2.45, 2.75) is 13.0 Å². The summed E-state index contributed by atoms with van der Waals surface area (Å²) < 4.78 is 27.6. The van der Waals surface area contributed by atoms with E-state index in [2.05, 4.69) is 4.74 Å². The van der Waals surface area contributed by atoms with Crippen LogP contribution in [0.2, 0.25) is 0 Å². The Hall–Kier alpha value is -1.49. The van der Waals surface area contributed by atoms with Crippen LogP contribution in [0.15, 0.2) is 24.3 Å². The second kappa shape index (κ2) is 4.57. The Morgan fingerprint density at radius 1 is 1.44 bits per heavy atom. The van der Waals surface area contributed by atoms with Crippen LogP contribution in [0.25, 0.3) is 0 Å². The van der Waals surface area contributed by atoms with Gasteiger partial charge in [0.05, 0.1) is 0 Å². The van der Waals surface area contributed by atoms with Gasteiger partial charge in [-0.05, 0) is 18.1 Å². The van der Waals surface area contributed by atoms with E-state index < -0.39 is 19.1 Å². The monoisotopic (exact) mass is 227 g/mol. The van der Waals surface area contributed by atoms with E-state index in [0.29, 0.717) is 6.54 Å². The van der Waals surface area contributed by atoms with Crippen molar-refractivity contribution >= 4 is 11.6 Å². The minimum absolute atomic E-state index is 0.426. The van der Waals surface area contributed by atoms with Crippen LogP contribution in [-0.4, -0.2) is 25.7 Å². The predicted octanol–water partition coefficient (Wildman–Crippen LogP) is 1.81. The summed E-state index contributed by atoms with van der Waals surface area (Å²) in [6.07, 6.45) is 0.761. The van der Waals surface area contributed by atoms with Crippen molar-refractivity contribution < 1.29 is 18.3 Å². The molecule has 0 saturated heterocycles. The second-order valence-electron chi connectivity index (χ2n) is 3.50. The quantitative estimate of drug-likeness (QED) is 0.788. The van der Waals surface area contributed by atoms with Gasteiger partial charge in [-0.3, -0.25) is 4.79 Å². The molecule has 0 N–H and O–H groups in total. The number of hydrogen-bond donors (Lipinski definition) is 0. The average Bonchev–Trinajstić information content (AvgIpc) is 2.69. The molecule has 3 nitrogen and oxygen atoms in total. The first-order valence-corrected chi connectivity index (χ1v) is 4.96. The number of carbonyl (C=O) groups excluding carboxylic acids is 1. The number of ether oxygens (including phenoxy) is 1. The number of nitrogens with zero attached hydrogens (tertiary/aromatic N) is 1. The van der Waals surface area contributed by atoms with Gasteiger partial charge in [-0.25, -0.2) is 0 Å². The Labute approximate surface area is 91.6 Å². The molecule has 1 heterocycles. The summed E-state index contributed by atoms with van der Waals surface area (Å²) >= 11 is 0. The van der Waals surface area contributed by atoms with E-state index in [1.807, 2.05) is 24.3 Å². The lowest BCUT2D eigenvalue weighted by atomic mass is 10.2. The molecule has 1 amide bonds. The van der Waals surface area contributed by atoms with E-state index in [9.17, 15) is 13.6 Å². The number of benzene rings is 1. The van der Waals surface area contributed by atoms with Gasteiger partial charge in [0.25, 0.3) is 5.91 Å². The molecule has 0 aromatic heterocycles. The van der Waals surface area contributed by atoms with Crippen LogP contribution >= 0.6 is 0 Å². The lowest BCUT2D eigenvalue weighted by Gasteiger charge is -2.16. The number of alkyl halides is 2. The van der Waals surface area contributed by atoms with Gasteiger partial charge < -0.3 is 9.64 Å².